The van der Waals surface area contributed by atoms with Gasteiger partial charge in [-0.05, 0) is 19.3 Å². The van der Waals surface area contributed by atoms with Crippen molar-refractivity contribution >= 4 is 0 Å². The van der Waals surface area contributed by atoms with Gasteiger partial charge in [0, 0.05) is 18.5 Å². The molecule has 2 rings (SSSR count). The molecule has 2 fully saturated rings. The Bertz CT molecular complexity index is 198. The maximum atomic E-state index is 13.2. The number of aliphatic hydroxyl groups is 1. The minimum absolute atomic E-state index is 0.0918. The summed E-state index contributed by atoms with van der Waals surface area (Å²) in [7, 11) is 0. The van der Waals surface area contributed by atoms with E-state index in [0.29, 0.717) is 0 Å². The molecule has 2 aliphatic heterocycles. The highest BCUT2D eigenvalue weighted by Gasteiger charge is 2.45. The van der Waals surface area contributed by atoms with Crippen LogP contribution in [0, 0.1) is 0 Å². The molecule has 13 heavy (non-hydrogen) atoms. The molecule has 2 heterocycles. The van der Waals surface area contributed by atoms with Crippen molar-refractivity contribution in [3.8, 4) is 0 Å². The Morgan fingerprint density at radius 2 is 1.92 bits per heavy atom. The van der Waals surface area contributed by atoms with Gasteiger partial charge in [-0.3, -0.25) is 0 Å². The summed E-state index contributed by atoms with van der Waals surface area (Å²) in [5.74, 6) is -2.89. The van der Waals surface area contributed by atoms with Gasteiger partial charge in [-0.1, -0.05) is 6.42 Å². The lowest BCUT2D eigenvalue weighted by atomic mass is 9.98. The summed E-state index contributed by atoms with van der Waals surface area (Å²) in [4.78, 5) is 0. The van der Waals surface area contributed by atoms with Gasteiger partial charge in [0.05, 0.1) is 0 Å². The molecule has 3 atom stereocenters. The van der Waals surface area contributed by atoms with E-state index in [1.165, 1.54) is 0 Å². The van der Waals surface area contributed by atoms with E-state index in [1.807, 2.05) is 0 Å². The average molecular weight is 191 g/mol. The lowest BCUT2D eigenvalue weighted by Gasteiger charge is -2.27. The molecule has 0 spiro atoms. The van der Waals surface area contributed by atoms with Gasteiger partial charge in [0.2, 0.25) is 0 Å². The maximum absolute atomic E-state index is 13.2. The molecule has 0 radical (unpaired) electrons. The highest BCUT2D eigenvalue weighted by molar-refractivity contribution is 4.94. The normalized spacial score (nSPS) is 44.1. The average Bonchev–Trinajstić information content (AvgIpc) is 2.09. The van der Waals surface area contributed by atoms with Crippen molar-refractivity contribution in [2.45, 2.75) is 56.2 Å². The molecular formula is C9H15F2NO. The molecule has 0 aromatic rings. The van der Waals surface area contributed by atoms with Gasteiger partial charge in [0.15, 0.2) is 0 Å². The van der Waals surface area contributed by atoms with Crippen LogP contribution in [-0.2, 0) is 0 Å². The zero-order chi connectivity index (χ0) is 9.47. The van der Waals surface area contributed by atoms with Gasteiger partial charge in [-0.15, -0.1) is 0 Å². The van der Waals surface area contributed by atoms with Crippen LogP contribution < -0.4 is 5.32 Å². The van der Waals surface area contributed by atoms with E-state index < -0.39 is 12.0 Å². The van der Waals surface area contributed by atoms with Crippen molar-refractivity contribution < 1.29 is 13.9 Å². The third kappa shape index (κ3) is 1.83. The second kappa shape index (κ2) is 3.17. The van der Waals surface area contributed by atoms with Crippen LogP contribution in [0.2, 0.25) is 0 Å². The van der Waals surface area contributed by atoms with Crippen LogP contribution in [0.4, 0.5) is 8.78 Å². The zero-order valence-electron chi connectivity index (χ0n) is 7.47. The Labute approximate surface area is 76.3 Å². The molecule has 0 saturated carbocycles. The predicted molar refractivity (Wildman–Crippen MR) is 44.8 cm³/mol. The first kappa shape index (κ1) is 9.34. The summed E-state index contributed by atoms with van der Waals surface area (Å²) in [6.07, 6.45) is 1.29. The topological polar surface area (TPSA) is 32.3 Å². The fourth-order valence-corrected chi connectivity index (χ4v) is 2.36. The molecule has 2 bridgehead atoms. The van der Waals surface area contributed by atoms with E-state index in [1.54, 1.807) is 0 Å². The SMILES string of the molecule is OC1CC2CCCC(CC1(F)F)N2. The maximum Gasteiger partial charge on any atom is 0.274 e. The second-order valence-corrected chi connectivity index (χ2v) is 4.21. The van der Waals surface area contributed by atoms with Crippen LogP contribution in [-0.4, -0.2) is 29.2 Å². The van der Waals surface area contributed by atoms with Crippen LogP contribution in [0.15, 0.2) is 0 Å². The number of piperidine rings is 1. The van der Waals surface area contributed by atoms with Gasteiger partial charge in [-0.25, -0.2) is 8.78 Å². The first-order valence-corrected chi connectivity index (χ1v) is 4.90. The van der Waals surface area contributed by atoms with E-state index in [4.69, 9.17) is 0 Å². The third-order valence-electron chi connectivity index (χ3n) is 3.09. The molecule has 0 aromatic carbocycles. The fourth-order valence-electron chi connectivity index (χ4n) is 2.36. The largest absolute Gasteiger partial charge is 0.387 e. The van der Waals surface area contributed by atoms with Crippen molar-refractivity contribution in [2.24, 2.45) is 0 Å². The van der Waals surface area contributed by atoms with Crippen LogP contribution in [0.1, 0.15) is 32.1 Å². The number of nitrogens with one attached hydrogen (secondary N) is 1. The van der Waals surface area contributed by atoms with Gasteiger partial charge in [0.1, 0.15) is 6.10 Å². The Kier molecular flexibility index (Phi) is 2.28. The third-order valence-corrected chi connectivity index (χ3v) is 3.09. The Morgan fingerprint density at radius 1 is 1.23 bits per heavy atom. The Morgan fingerprint density at radius 3 is 2.69 bits per heavy atom. The standard InChI is InChI=1S/C9H15F2NO/c10-9(11)5-7-3-1-2-6(12-7)4-8(9)13/h6-8,12-13H,1-5H2. The van der Waals surface area contributed by atoms with Crippen LogP contribution >= 0.6 is 0 Å². The van der Waals surface area contributed by atoms with E-state index in [2.05, 4.69) is 5.32 Å². The lowest BCUT2D eigenvalue weighted by Crippen LogP contribution is -2.41. The number of fused-ring (bicyclic) bond motifs is 2. The van der Waals surface area contributed by atoms with Crippen molar-refractivity contribution in [3.05, 3.63) is 0 Å². The zero-order valence-corrected chi connectivity index (χ0v) is 7.47. The molecule has 0 aliphatic carbocycles. The minimum Gasteiger partial charge on any atom is -0.387 e. The quantitative estimate of drug-likeness (QED) is 0.604. The van der Waals surface area contributed by atoms with Crippen LogP contribution in [0.25, 0.3) is 0 Å². The van der Waals surface area contributed by atoms with Gasteiger partial charge >= 0.3 is 0 Å². The monoisotopic (exact) mass is 191 g/mol. The van der Waals surface area contributed by atoms with E-state index in [9.17, 15) is 13.9 Å². The van der Waals surface area contributed by atoms with Crippen molar-refractivity contribution in [1.82, 2.24) is 5.32 Å². The van der Waals surface area contributed by atoms with Crippen molar-refractivity contribution in [3.63, 3.8) is 0 Å². The van der Waals surface area contributed by atoms with E-state index >= 15 is 0 Å². The summed E-state index contributed by atoms with van der Waals surface area (Å²) in [5.41, 5.74) is 0. The molecule has 3 unspecified atom stereocenters. The molecule has 4 heteroatoms. The molecule has 0 amide bonds. The lowest BCUT2D eigenvalue weighted by molar-refractivity contribution is -0.113. The molecule has 0 aromatic heterocycles. The number of alkyl halides is 2. The van der Waals surface area contributed by atoms with Crippen LogP contribution in [0.5, 0.6) is 0 Å². The number of hydrogen-bond donors (Lipinski definition) is 2. The van der Waals surface area contributed by atoms with E-state index in [-0.39, 0.29) is 24.9 Å². The first-order chi connectivity index (χ1) is 6.08. The number of rotatable bonds is 0. The fraction of sp³-hybridized carbons (Fsp3) is 1.00. The Hall–Kier alpha value is -0.220. The molecule has 2 nitrogen and oxygen atoms in total. The highest BCUT2D eigenvalue weighted by Crippen LogP contribution is 2.34. The second-order valence-electron chi connectivity index (χ2n) is 4.21. The van der Waals surface area contributed by atoms with Crippen molar-refractivity contribution in [1.29, 1.82) is 0 Å². The predicted octanol–water partition coefficient (Wildman–Crippen LogP) is 1.29. The summed E-state index contributed by atoms with van der Waals surface area (Å²) >= 11 is 0. The van der Waals surface area contributed by atoms with Gasteiger partial charge in [-0.2, -0.15) is 0 Å². The first-order valence-electron chi connectivity index (χ1n) is 4.90. The summed E-state index contributed by atoms with van der Waals surface area (Å²) in [6, 6.07) is 0.00743. The summed E-state index contributed by atoms with van der Waals surface area (Å²) in [6.45, 7) is 0. The molecule has 2 aliphatic rings. The number of hydrogen-bond acceptors (Lipinski definition) is 2. The molecule has 2 N–H and O–H groups in total. The smallest absolute Gasteiger partial charge is 0.274 e. The summed E-state index contributed by atoms with van der Waals surface area (Å²) in [5, 5.41) is 12.4. The molecule has 76 valence electrons. The highest BCUT2D eigenvalue weighted by atomic mass is 19.3. The van der Waals surface area contributed by atoms with Crippen LogP contribution in [0.3, 0.4) is 0 Å². The van der Waals surface area contributed by atoms with Gasteiger partial charge < -0.3 is 10.4 Å². The molecular weight excluding hydrogens is 176 g/mol. The summed E-state index contributed by atoms with van der Waals surface area (Å²) < 4.78 is 26.4. The molecule has 2 saturated heterocycles. The Balaban J connectivity index is 2.13. The van der Waals surface area contributed by atoms with Crippen molar-refractivity contribution in [2.75, 3.05) is 0 Å². The minimum atomic E-state index is -2.89. The number of aliphatic hydroxyl groups excluding tert-OH is 1. The number of halogens is 2. The van der Waals surface area contributed by atoms with E-state index in [0.717, 1.165) is 19.3 Å². The van der Waals surface area contributed by atoms with Gasteiger partial charge in [0.25, 0.3) is 5.92 Å².